The van der Waals surface area contributed by atoms with E-state index in [2.05, 4.69) is 14.9 Å². The molecule has 1 N–H and O–H groups in total. The zero-order chi connectivity index (χ0) is 13.6. The second-order valence-electron chi connectivity index (χ2n) is 6.04. The fourth-order valence-corrected chi connectivity index (χ4v) is 2.59. The Balaban J connectivity index is 1.85. The third-order valence-corrected chi connectivity index (χ3v) is 4.11. The number of rotatable bonds is 3. The summed E-state index contributed by atoms with van der Waals surface area (Å²) in [6, 6.07) is 1.96. The van der Waals surface area contributed by atoms with Crippen LogP contribution < -0.4 is 4.90 Å². The van der Waals surface area contributed by atoms with Crippen molar-refractivity contribution in [3.05, 3.63) is 17.6 Å². The van der Waals surface area contributed by atoms with Gasteiger partial charge in [-0.3, -0.25) is 4.79 Å². The van der Waals surface area contributed by atoms with Gasteiger partial charge in [-0.2, -0.15) is 0 Å². The van der Waals surface area contributed by atoms with Gasteiger partial charge in [-0.1, -0.05) is 0 Å². The number of carboxylic acid groups (broad SMARTS) is 1. The molecule has 1 atom stereocenters. The first-order valence-electron chi connectivity index (χ1n) is 6.82. The van der Waals surface area contributed by atoms with Crippen molar-refractivity contribution in [2.75, 3.05) is 18.0 Å². The maximum Gasteiger partial charge on any atom is 0.311 e. The summed E-state index contributed by atoms with van der Waals surface area (Å²) in [5.74, 6) is 1.62. The Hall–Kier alpha value is -1.65. The molecule has 0 radical (unpaired) electrons. The van der Waals surface area contributed by atoms with E-state index >= 15 is 0 Å². The minimum atomic E-state index is -0.719. The van der Waals surface area contributed by atoms with Crippen LogP contribution in [0.5, 0.6) is 0 Å². The van der Waals surface area contributed by atoms with Gasteiger partial charge in [0.25, 0.3) is 0 Å². The van der Waals surface area contributed by atoms with Crippen LogP contribution in [0.1, 0.15) is 43.6 Å². The molecule has 1 aromatic heterocycles. The average Bonchev–Trinajstić information content (AvgIpc) is 3.12. The molecule has 0 bridgehead atoms. The third kappa shape index (κ3) is 2.29. The van der Waals surface area contributed by atoms with Crippen LogP contribution in [-0.2, 0) is 4.79 Å². The topological polar surface area (TPSA) is 66.3 Å². The van der Waals surface area contributed by atoms with Crippen molar-refractivity contribution in [1.29, 1.82) is 0 Å². The highest BCUT2D eigenvalue weighted by atomic mass is 16.4. The predicted octanol–water partition coefficient (Wildman–Crippen LogP) is 1.96. The van der Waals surface area contributed by atoms with Crippen molar-refractivity contribution in [2.45, 2.75) is 39.0 Å². The lowest BCUT2D eigenvalue weighted by Crippen LogP contribution is -2.32. The molecule has 5 nitrogen and oxygen atoms in total. The van der Waals surface area contributed by atoms with Gasteiger partial charge < -0.3 is 10.0 Å². The number of nitrogens with zero attached hydrogens (tertiary/aromatic N) is 3. The third-order valence-electron chi connectivity index (χ3n) is 4.11. The number of hydrogen-bond donors (Lipinski definition) is 1. The maximum atomic E-state index is 11.3. The molecule has 1 aromatic rings. The fraction of sp³-hybridized carbons (Fsp3) is 0.643. The summed E-state index contributed by atoms with van der Waals surface area (Å²) in [6.07, 6.45) is 3.02. The van der Waals surface area contributed by atoms with Gasteiger partial charge in [0, 0.05) is 30.8 Å². The normalized spacial score (nSPS) is 26.7. The van der Waals surface area contributed by atoms with Gasteiger partial charge in [-0.15, -0.1) is 0 Å². The molecule has 1 unspecified atom stereocenters. The molecule has 0 amide bonds. The zero-order valence-corrected chi connectivity index (χ0v) is 11.4. The van der Waals surface area contributed by atoms with Crippen LogP contribution in [0.3, 0.4) is 0 Å². The predicted molar refractivity (Wildman–Crippen MR) is 71.3 cm³/mol. The number of aryl methyl sites for hydroxylation is 1. The Morgan fingerprint density at radius 3 is 2.79 bits per heavy atom. The van der Waals surface area contributed by atoms with Crippen LogP contribution >= 0.6 is 0 Å². The van der Waals surface area contributed by atoms with E-state index in [1.165, 1.54) is 12.8 Å². The van der Waals surface area contributed by atoms with E-state index in [1.54, 1.807) is 0 Å². The fourth-order valence-electron chi connectivity index (χ4n) is 2.59. The van der Waals surface area contributed by atoms with E-state index in [0.717, 1.165) is 23.9 Å². The second-order valence-corrected chi connectivity index (χ2v) is 6.04. The van der Waals surface area contributed by atoms with Crippen LogP contribution in [0.25, 0.3) is 0 Å². The number of hydrogen-bond acceptors (Lipinski definition) is 4. The van der Waals surface area contributed by atoms with Crippen LogP contribution in [0.4, 0.5) is 5.82 Å². The highest BCUT2D eigenvalue weighted by molar-refractivity contribution is 5.76. The Kier molecular flexibility index (Phi) is 2.73. The molecule has 2 aliphatic rings. The van der Waals surface area contributed by atoms with Gasteiger partial charge >= 0.3 is 5.97 Å². The van der Waals surface area contributed by atoms with Crippen molar-refractivity contribution in [3.8, 4) is 0 Å². The summed E-state index contributed by atoms with van der Waals surface area (Å²) in [5.41, 5.74) is 0.314. The number of carboxylic acids is 1. The molecule has 2 fully saturated rings. The molecular weight excluding hydrogens is 242 g/mol. The zero-order valence-electron chi connectivity index (χ0n) is 11.4. The molecule has 1 saturated heterocycles. The number of anilines is 1. The van der Waals surface area contributed by atoms with Crippen LogP contribution in [-0.4, -0.2) is 34.1 Å². The van der Waals surface area contributed by atoms with Crippen molar-refractivity contribution < 1.29 is 9.90 Å². The molecule has 3 rings (SSSR count). The maximum absolute atomic E-state index is 11.3. The lowest BCUT2D eigenvalue weighted by molar-refractivity contribution is -0.146. The Morgan fingerprint density at radius 1 is 1.47 bits per heavy atom. The first-order chi connectivity index (χ1) is 8.98. The molecule has 1 aliphatic heterocycles. The Labute approximate surface area is 112 Å². The van der Waals surface area contributed by atoms with E-state index < -0.39 is 11.4 Å². The highest BCUT2D eigenvalue weighted by Crippen LogP contribution is 2.39. The van der Waals surface area contributed by atoms with Crippen molar-refractivity contribution >= 4 is 11.8 Å². The van der Waals surface area contributed by atoms with Crippen molar-refractivity contribution in [3.63, 3.8) is 0 Å². The highest BCUT2D eigenvalue weighted by Gasteiger charge is 2.41. The van der Waals surface area contributed by atoms with Gasteiger partial charge in [0.15, 0.2) is 0 Å². The average molecular weight is 261 g/mol. The van der Waals surface area contributed by atoms with Gasteiger partial charge in [0.2, 0.25) is 0 Å². The Morgan fingerprint density at radius 2 is 2.21 bits per heavy atom. The number of carbonyl (C=O) groups is 1. The molecule has 102 valence electrons. The van der Waals surface area contributed by atoms with Gasteiger partial charge in [-0.05, 0) is 33.1 Å². The van der Waals surface area contributed by atoms with E-state index in [0.29, 0.717) is 18.9 Å². The smallest absolute Gasteiger partial charge is 0.311 e. The van der Waals surface area contributed by atoms with Crippen molar-refractivity contribution in [1.82, 2.24) is 9.97 Å². The first kappa shape index (κ1) is 12.4. The SMILES string of the molecule is Cc1cc(N2CCC(C)(C(=O)O)C2)nc(C2CC2)n1. The van der Waals surface area contributed by atoms with Gasteiger partial charge in [0.1, 0.15) is 11.6 Å². The van der Waals surface area contributed by atoms with E-state index in [1.807, 2.05) is 19.9 Å². The van der Waals surface area contributed by atoms with Crippen LogP contribution in [0.2, 0.25) is 0 Å². The summed E-state index contributed by atoms with van der Waals surface area (Å²) in [5, 5.41) is 9.29. The molecule has 2 heterocycles. The van der Waals surface area contributed by atoms with E-state index in [-0.39, 0.29) is 0 Å². The second kappa shape index (κ2) is 4.18. The lowest BCUT2D eigenvalue weighted by Gasteiger charge is -2.21. The Bertz CT molecular complexity index is 527. The van der Waals surface area contributed by atoms with Crippen LogP contribution in [0.15, 0.2) is 6.07 Å². The van der Waals surface area contributed by atoms with Gasteiger partial charge in [-0.25, -0.2) is 9.97 Å². The summed E-state index contributed by atoms with van der Waals surface area (Å²) in [6.45, 7) is 5.07. The largest absolute Gasteiger partial charge is 0.481 e. The van der Waals surface area contributed by atoms with E-state index in [4.69, 9.17) is 0 Å². The number of aliphatic carboxylic acids is 1. The minimum absolute atomic E-state index is 0.520. The summed E-state index contributed by atoms with van der Waals surface area (Å²) in [4.78, 5) is 22.5. The monoisotopic (exact) mass is 261 g/mol. The standard InChI is InChI=1S/C14H19N3O2/c1-9-7-11(16-12(15-9)10-3-4-10)17-6-5-14(2,8-17)13(18)19/h7,10H,3-6,8H2,1-2H3,(H,18,19). The quantitative estimate of drug-likeness (QED) is 0.901. The molecule has 19 heavy (non-hydrogen) atoms. The summed E-state index contributed by atoms with van der Waals surface area (Å²) in [7, 11) is 0. The van der Waals surface area contributed by atoms with Crippen molar-refractivity contribution in [2.24, 2.45) is 5.41 Å². The molecule has 0 aromatic carbocycles. The molecule has 1 aliphatic carbocycles. The number of aromatic nitrogens is 2. The van der Waals surface area contributed by atoms with Crippen LogP contribution in [0, 0.1) is 12.3 Å². The molecule has 1 saturated carbocycles. The minimum Gasteiger partial charge on any atom is -0.481 e. The summed E-state index contributed by atoms with van der Waals surface area (Å²) < 4.78 is 0. The molecule has 0 spiro atoms. The van der Waals surface area contributed by atoms with E-state index in [9.17, 15) is 9.90 Å². The van der Waals surface area contributed by atoms with Gasteiger partial charge in [0.05, 0.1) is 5.41 Å². The first-order valence-corrected chi connectivity index (χ1v) is 6.82. The molecule has 5 heteroatoms. The molecular formula is C14H19N3O2. The summed E-state index contributed by atoms with van der Waals surface area (Å²) >= 11 is 0. The lowest BCUT2D eigenvalue weighted by atomic mass is 9.90.